The van der Waals surface area contributed by atoms with Crippen LogP contribution in [-0.4, -0.2) is 10.9 Å². The first kappa shape index (κ1) is 16.8. The Morgan fingerprint density at radius 3 is 2.65 bits per heavy atom. The van der Waals surface area contributed by atoms with Gasteiger partial charge in [0, 0.05) is 11.9 Å². The van der Waals surface area contributed by atoms with Crippen LogP contribution in [0.15, 0.2) is 36.5 Å². The number of hydrogen-bond acceptors (Lipinski definition) is 3. The van der Waals surface area contributed by atoms with E-state index in [1.165, 1.54) is 30.5 Å². The van der Waals surface area contributed by atoms with Gasteiger partial charge in [0.15, 0.2) is 0 Å². The Balaban J connectivity index is 2.31. The summed E-state index contributed by atoms with van der Waals surface area (Å²) in [6, 6.07) is 6.75. The summed E-state index contributed by atoms with van der Waals surface area (Å²) in [5.74, 6) is -0.587. The van der Waals surface area contributed by atoms with Gasteiger partial charge < -0.3 is 11.1 Å². The highest BCUT2D eigenvalue weighted by Crippen LogP contribution is 2.34. The minimum atomic E-state index is -4.47. The van der Waals surface area contributed by atoms with Crippen molar-refractivity contribution in [2.45, 2.75) is 25.9 Å². The van der Waals surface area contributed by atoms with Gasteiger partial charge in [0.1, 0.15) is 5.82 Å². The number of pyridine rings is 1. The van der Waals surface area contributed by atoms with Gasteiger partial charge in [0.05, 0.1) is 11.1 Å². The van der Waals surface area contributed by atoms with Crippen molar-refractivity contribution in [1.29, 1.82) is 0 Å². The molecule has 0 aliphatic carbocycles. The standard InChI is InChI=1S/C16H16F3N3O/c1-2-4-10-6-7-11(9-13(10)16(17,18)19)22-15(23)12-5-3-8-21-14(12)20/h3,5-9H,2,4H2,1H3,(H2,20,21)(H,22,23). The van der Waals surface area contributed by atoms with E-state index in [9.17, 15) is 18.0 Å². The summed E-state index contributed by atoms with van der Waals surface area (Å²) in [6.07, 6.45) is -2.13. The van der Waals surface area contributed by atoms with Crippen LogP contribution < -0.4 is 11.1 Å². The monoisotopic (exact) mass is 323 g/mol. The van der Waals surface area contributed by atoms with Crippen LogP contribution >= 0.6 is 0 Å². The molecule has 0 saturated carbocycles. The van der Waals surface area contributed by atoms with Crippen molar-refractivity contribution >= 4 is 17.4 Å². The molecule has 2 aromatic rings. The van der Waals surface area contributed by atoms with Gasteiger partial charge in [-0.2, -0.15) is 13.2 Å². The Hall–Kier alpha value is -2.57. The van der Waals surface area contributed by atoms with Crippen molar-refractivity contribution in [3.05, 3.63) is 53.2 Å². The number of anilines is 2. The minimum absolute atomic E-state index is 0.0173. The summed E-state index contributed by atoms with van der Waals surface area (Å²) < 4.78 is 39.4. The molecular weight excluding hydrogens is 307 g/mol. The van der Waals surface area contributed by atoms with Gasteiger partial charge in [-0.15, -0.1) is 0 Å². The molecule has 1 aromatic heterocycles. The average molecular weight is 323 g/mol. The zero-order valence-corrected chi connectivity index (χ0v) is 12.4. The van der Waals surface area contributed by atoms with Crippen LogP contribution in [0.5, 0.6) is 0 Å². The first-order valence-corrected chi connectivity index (χ1v) is 7.05. The van der Waals surface area contributed by atoms with Gasteiger partial charge in [-0.25, -0.2) is 4.98 Å². The van der Waals surface area contributed by atoms with E-state index in [0.717, 1.165) is 6.07 Å². The quantitative estimate of drug-likeness (QED) is 0.897. The van der Waals surface area contributed by atoms with Gasteiger partial charge in [0.25, 0.3) is 5.91 Å². The molecule has 7 heteroatoms. The third-order valence-corrected chi connectivity index (χ3v) is 3.28. The molecule has 0 atom stereocenters. The summed E-state index contributed by atoms with van der Waals surface area (Å²) >= 11 is 0. The number of nitrogens with two attached hydrogens (primary N) is 1. The highest BCUT2D eigenvalue weighted by molar-refractivity contribution is 6.07. The van der Waals surface area contributed by atoms with Gasteiger partial charge >= 0.3 is 6.18 Å². The summed E-state index contributed by atoms with van der Waals surface area (Å²) in [7, 11) is 0. The van der Waals surface area contributed by atoms with E-state index in [2.05, 4.69) is 10.3 Å². The maximum atomic E-state index is 13.1. The van der Waals surface area contributed by atoms with Crippen molar-refractivity contribution in [2.24, 2.45) is 0 Å². The highest BCUT2D eigenvalue weighted by Gasteiger charge is 2.33. The molecule has 122 valence electrons. The van der Waals surface area contributed by atoms with Crippen LogP contribution in [0.2, 0.25) is 0 Å². The van der Waals surface area contributed by atoms with Gasteiger partial charge in [0.2, 0.25) is 0 Å². The van der Waals surface area contributed by atoms with E-state index in [1.807, 2.05) is 0 Å². The van der Waals surface area contributed by atoms with Crippen molar-refractivity contribution in [3.8, 4) is 0 Å². The number of hydrogen-bond donors (Lipinski definition) is 2. The number of nitrogen functional groups attached to an aromatic ring is 1. The van der Waals surface area contributed by atoms with E-state index in [0.29, 0.717) is 12.8 Å². The van der Waals surface area contributed by atoms with Crippen LogP contribution in [0.4, 0.5) is 24.7 Å². The Bertz CT molecular complexity index is 714. The molecule has 0 bridgehead atoms. The third kappa shape index (κ3) is 4.00. The zero-order valence-electron chi connectivity index (χ0n) is 12.4. The second kappa shape index (κ2) is 6.68. The predicted molar refractivity (Wildman–Crippen MR) is 82.0 cm³/mol. The number of halogens is 3. The molecule has 0 fully saturated rings. The fourth-order valence-electron chi connectivity index (χ4n) is 2.21. The number of aryl methyl sites for hydroxylation is 1. The summed E-state index contributed by atoms with van der Waals surface area (Å²) in [5, 5.41) is 2.42. The highest BCUT2D eigenvalue weighted by atomic mass is 19.4. The predicted octanol–water partition coefficient (Wildman–Crippen LogP) is 3.89. The van der Waals surface area contributed by atoms with E-state index in [1.54, 1.807) is 6.92 Å². The molecule has 1 heterocycles. The van der Waals surface area contributed by atoms with E-state index >= 15 is 0 Å². The maximum absolute atomic E-state index is 13.1. The second-order valence-electron chi connectivity index (χ2n) is 5.01. The lowest BCUT2D eigenvalue weighted by molar-refractivity contribution is -0.138. The lowest BCUT2D eigenvalue weighted by Crippen LogP contribution is -2.16. The number of aromatic nitrogens is 1. The Morgan fingerprint density at radius 1 is 1.30 bits per heavy atom. The lowest BCUT2D eigenvalue weighted by atomic mass is 10.0. The molecule has 0 spiro atoms. The van der Waals surface area contributed by atoms with Crippen molar-refractivity contribution in [3.63, 3.8) is 0 Å². The Morgan fingerprint density at radius 2 is 2.04 bits per heavy atom. The number of carbonyl (C=O) groups is 1. The molecule has 4 nitrogen and oxygen atoms in total. The summed E-state index contributed by atoms with van der Waals surface area (Å²) in [5.41, 5.74) is 5.22. The SMILES string of the molecule is CCCc1ccc(NC(=O)c2cccnc2N)cc1C(F)(F)F. The smallest absolute Gasteiger partial charge is 0.383 e. The minimum Gasteiger partial charge on any atom is -0.383 e. The van der Waals surface area contributed by atoms with Crippen LogP contribution in [0.3, 0.4) is 0 Å². The first-order chi connectivity index (χ1) is 10.8. The molecule has 0 saturated heterocycles. The first-order valence-electron chi connectivity index (χ1n) is 7.05. The van der Waals surface area contributed by atoms with E-state index in [-0.39, 0.29) is 22.6 Å². The molecule has 1 amide bonds. The second-order valence-corrected chi connectivity index (χ2v) is 5.01. The number of nitrogens with one attached hydrogen (secondary N) is 1. The maximum Gasteiger partial charge on any atom is 0.416 e. The van der Waals surface area contributed by atoms with Crippen LogP contribution in [-0.2, 0) is 12.6 Å². The molecule has 0 unspecified atom stereocenters. The molecule has 0 aliphatic rings. The Labute approximate surface area is 131 Å². The number of amides is 1. The third-order valence-electron chi connectivity index (χ3n) is 3.28. The van der Waals surface area contributed by atoms with Crippen LogP contribution in [0, 0.1) is 0 Å². The zero-order chi connectivity index (χ0) is 17.0. The number of carbonyl (C=O) groups excluding carboxylic acids is 1. The Kier molecular flexibility index (Phi) is 4.88. The molecule has 23 heavy (non-hydrogen) atoms. The van der Waals surface area contributed by atoms with Crippen molar-refractivity contribution in [1.82, 2.24) is 4.98 Å². The van der Waals surface area contributed by atoms with Crippen LogP contribution in [0.1, 0.15) is 34.8 Å². The largest absolute Gasteiger partial charge is 0.416 e. The number of benzene rings is 1. The number of rotatable bonds is 4. The van der Waals surface area contributed by atoms with E-state index in [4.69, 9.17) is 5.73 Å². The topological polar surface area (TPSA) is 68.0 Å². The van der Waals surface area contributed by atoms with Gasteiger partial charge in [-0.05, 0) is 36.2 Å². The van der Waals surface area contributed by atoms with Crippen molar-refractivity contribution in [2.75, 3.05) is 11.1 Å². The molecule has 0 aliphatic heterocycles. The lowest BCUT2D eigenvalue weighted by Gasteiger charge is -2.15. The van der Waals surface area contributed by atoms with Gasteiger partial charge in [-0.1, -0.05) is 19.4 Å². The summed E-state index contributed by atoms with van der Waals surface area (Å²) in [4.78, 5) is 15.9. The van der Waals surface area contributed by atoms with Crippen LogP contribution in [0.25, 0.3) is 0 Å². The van der Waals surface area contributed by atoms with Gasteiger partial charge in [-0.3, -0.25) is 4.79 Å². The average Bonchev–Trinajstić information content (AvgIpc) is 2.48. The normalized spacial score (nSPS) is 11.3. The fourth-order valence-corrected chi connectivity index (χ4v) is 2.21. The molecule has 0 radical (unpaired) electrons. The van der Waals surface area contributed by atoms with Crippen molar-refractivity contribution < 1.29 is 18.0 Å². The molecule has 2 rings (SSSR count). The molecule has 1 aromatic carbocycles. The molecule has 3 N–H and O–H groups in total. The molecular formula is C16H16F3N3O. The number of nitrogens with zero attached hydrogens (tertiary/aromatic N) is 1. The fraction of sp³-hybridized carbons (Fsp3) is 0.250. The van der Waals surface area contributed by atoms with E-state index < -0.39 is 17.6 Å². The summed E-state index contributed by atoms with van der Waals surface area (Å²) in [6.45, 7) is 1.81. The number of alkyl halides is 3.